The van der Waals surface area contributed by atoms with Gasteiger partial charge in [-0.05, 0) is 74.9 Å². The first-order valence-corrected chi connectivity index (χ1v) is 15.0. The maximum absolute atomic E-state index is 14.0. The number of carbonyl (C=O) groups excluding carboxylic acids is 3. The molecule has 0 saturated heterocycles. The average molecular weight is 573 g/mol. The Kier molecular flexibility index (Phi) is 7.94. The zero-order valence-electron chi connectivity index (χ0n) is 24.0. The number of benzene rings is 1. The van der Waals surface area contributed by atoms with E-state index in [0.29, 0.717) is 17.7 Å². The summed E-state index contributed by atoms with van der Waals surface area (Å²) in [6.45, 7) is 6.52. The zero-order chi connectivity index (χ0) is 29.9. The van der Waals surface area contributed by atoms with Crippen LogP contribution in [0.3, 0.4) is 0 Å². The molecule has 0 bridgehead atoms. The standard InChI is InChI=1S/C30H40N2O7S/c1-29(2,3)9-7-8-14-10-16(13-40-6)23(33)20-17(14)11-15-12-18-22(32(4)5)25(35)21(28(31)38)27(37)30(18,39)26(36)19(15)24(20)34/h10,15,18,22,33-34,37,39H,7-9,11-13H2,1-6H3,(H2,31,38)/t15-,18-,22?,30-/m0/s1. The Morgan fingerprint density at radius 3 is 2.38 bits per heavy atom. The Morgan fingerprint density at radius 2 is 1.82 bits per heavy atom. The molecule has 0 aromatic heterocycles. The van der Waals surface area contributed by atoms with Crippen LogP contribution in [-0.4, -0.2) is 74.8 Å². The minimum Gasteiger partial charge on any atom is -0.508 e. The lowest BCUT2D eigenvalue weighted by molar-refractivity contribution is -0.153. The number of fused-ring (bicyclic) bond motifs is 3. The monoisotopic (exact) mass is 572 g/mol. The number of rotatable bonds is 7. The van der Waals surface area contributed by atoms with Gasteiger partial charge in [0.15, 0.2) is 11.4 Å². The molecule has 0 aliphatic heterocycles. The summed E-state index contributed by atoms with van der Waals surface area (Å²) in [6, 6.07) is 0.883. The first-order chi connectivity index (χ1) is 18.6. The highest BCUT2D eigenvalue weighted by molar-refractivity contribution is 7.97. The Labute approximate surface area is 239 Å². The first kappa shape index (κ1) is 30.1. The molecule has 3 aliphatic rings. The topological polar surface area (TPSA) is 161 Å². The molecule has 6 N–H and O–H groups in total. The Balaban J connectivity index is 1.91. The molecule has 1 aromatic carbocycles. The lowest BCUT2D eigenvalue weighted by atomic mass is 9.57. The van der Waals surface area contributed by atoms with Gasteiger partial charge in [-0.2, -0.15) is 11.8 Å². The molecule has 3 aliphatic carbocycles. The van der Waals surface area contributed by atoms with E-state index >= 15 is 0 Å². The van der Waals surface area contributed by atoms with Gasteiger partial charge in [0.2, 0.25) is 5.78 Å². The molecule has 1 unspecified atom stereocenters. The van der Waals surface area contributed by atoms with E-state index in [0.717, 1.165) is 30.4 Å². The number of aromatic hydroxyl groups is 1. The van der Waals surface area contributed by atoms with Gasteiger partial charge in [-0.3, -0.25) is 19.3 Å². The molecule has 0 heterocycles. The predicted octanol–water partition coefficient (Wildman–Crippen LogP) is 3.20. The van der Waals surface area contributed by atoms with Crippen molar-refractivity contribution in [3.05, 3.63) is 45.2 Å². The van der Waals surface area contributed by atoms with Crippen LogP contribution in [0.1, 0.15) is 62.3 Å². The first-order valence-electron chi connectivity index (χ1n) is 13.6. The molecular weight excluding hydrogens is 532 g/mol. The fraction of sp³-hybridized carbons (Fsp3) is 0.567. The molecule has 0 spiro atoms. The molecule has 1 fully saturated rings. The van der Waals surface area contributed by atoms with Crippen molar-refractivity contribution in [1.29, 1.82) is 0 Å². The maximum Gasteiger partial charge on any atom is 0.255 e. The van der Waals surface area contributed by atoms with Gasteiger partial charge in [-0.1, -0.05) is 26.8 Å². The van der Waals surface area contributed by atoms with Crippen LogP contribution in [-0.2, 0) is 33.0 Å². The molecule has 9 nitrogen and oxygen atoms in total. The largest absolute Gasteiger partial charge is 0.508 e. The number of ketones is 2. The van der Waals surface area contributed by atoms with E-state index in [1.54, 1.807) is 14.1 Å². The molecule has 1 aromatic rings. The van der Waals surface area contributed by atoms with Crippen molar-refractivity contribution in [2.75, 3.05) is 20.4 Å². The summed E-state index contributed by atoms with van der Waals surface area (Å²) in [7, 11) is 3.18. The van der Waals surface area contributed by atoms with Crippen molar-refractivity contribution >= 4 is 35.0 Å². The Hall–Kier alpha value is -2.82. The van der Waals surface area contributed by atoms with Crippen LogP contribution in [0.4, 0.5) is 0 Å². The number of aryl methyl sites for hydroxylation is 1. The van der Waals surface area contributed by atoms with Gasteiger partial charge in [-0.15, -0.1) is 0 Å². The van der Waals surface area contributed by atoms with Crippen LogP contribution in [0.2, 0.25) is 0 Å². The van der Waals surface area contributed by atoms with Crippen LogP contribution in [0.5, 0.6) is 5.75 Å². The molecular formula is C30H40N2O7S. The van der Waals surface area contributed by atoms with Crippen molar-refractivity contribution in [1.82, 2.24) is 4.90 Å². The van der Waals surface area contributed by atoms with Crippen molar-refractivity contribution in [2.45, 2.75) is 70.3 Å². The summed E-state index contributed by atoms with van der Waals surface area (Å²) in [5.74, 6) is -5.78. The number of hydrogen-bond acceptors (Lipinski definition) is 9. The summed E-state index contributed by atoms with van der Waals surface area (Å²) in [5.41, 5.74) is 4.52. The summed E-state index contributed by atoms with van der Waals surface area (Å²) in [6.07, 6.45) is 4.90. The summed E-state index contributed by atoms with van der Waals surface area (Å²) in [4.78, 5) is 41.0. The highest BCUT2D eigenvalue weighted by Gasteiger charge is 2.64. The molecule has 10 heteroatoms. The van der Waals surface area contributed by atoms with E-state index < -0.39 is 58.0 Å². The van der Waals surface area contributed by atoms with Crippen molar-refractivity contribution in [3.8, 4) is 5.75 Å². The number of aliphatic hydroxyl groups is 3. The van der Waals surface area contributed by atoms with Crippen LogP contribution < -0.4 is 5.73 Å². The van der Waals surface area contributed by atoms with E-state index in [-0.39, 0.29) is 28.7 Å². The third-order valence-electron chi connectivity index (χ3n) is 8.56. The van der Waals surface area contributed by atoms with E-state index in [4.69, 9.17) is 5.73 Å². The molecule has 4 rings (SSSR count). The number of hydrogen-bond donors (Lipinski definition) is 5. The van der Waals surface area contributed by atoms with Crippen LogP contribution >= 0.6 is 11.8 Å². The summed E-state index contributed by atoms with van der Waals surface area (Å²) in [5, 5.41) is 45.6. The van der Waals surface area contributed by atoms with Crippen molar-refractivity contribution in [2.24, 2.45) is 23.0 Å². The van der Waals surface area contributed by atoms with Gasteiger partial charge >= 0.3 is 0 Å². The minimum atomic E-state index is -2.63. The van der Waals surface area contributed by atoms with Gasteiger partial charge in [0.25, 0.3) is 5.91 Å². The molecule has 218 valence electrons. The number of nitrogens with two attached hydrogens (primary N) is 1. The van der Waals surface area contributed by atoms with Gasteiger partial charge < -0.3 is 26.2 Å². The fourth-order valence-corrected chi connectivity index (χ4v) is 7.28. The summed E-state index contributed by atoms with van der Waals surface area (Å²) < 4.78 is 0. The smallest absolute Gasteiger partial charge is 0.255 e. The second-order valence-electron chi connectivity index (χ2n) is 12.7. The number of nitrogens with zero attached hydrogens (tertiary/aromatic N) is 1. The molecule has 0 radical (unpaired) electrons. The summed E-state index contributed by atoms with van der Waals surface area (Å²) >= 11 is 1.52. The van der Waals surface area contributed by atoms with Crippen LogP contribution in [0.15, 0.2) is 23.0 Å². The normalized spacial score (nSPS) is 26.6. The number of thioether (sulfide) groups is 1. The third-order valence-corrected chi connectivity index (χ3v) is 9.16. The molecule has 40 heavy (non-hydrogen) atoms. The van der Waals surface area contributed by atoms with E-state index in [2.05, 4.69) is 20.8 Å². The second kappa shape index (κ2) is 10.5. The van der Waals surface area contributed by atoms with Crippen molar-refractivity contribution in [3.63, 3.8) is 0 Å². The highest BCUT2D eigenvalue weighted by atomic mass is 32.2. The molecule has 1 saturated carbocycles. The number of amides is 1. The average Bonchev–Trinajstić information content (AvgIpc) is 2.83. The zero-order valence-corrected chi connectivity index (χ0v) is 24.8. The van der Waals surface area contributed by atoms with E-state index in [1.165, 1.54) is 16.7 Å². The lowest BCUT2D eigenvalue weighted by Gasteiger charge is -2.50. The number of phenols is 1. The van der Waals surface area contributed by atoms with Gasteiger partial charge in [0.05, 0.1) is 11.6 Å². The van der Waals surface area contributed by atoms with Gasteiger partial charge in [0, 0.05) is 22.8 Å². The van der Waals surface area contributed by atoms with Crippen molar-refractivity contribution < 1.29 is 34.8 Å². The third kappa shape index (κ3) is 4.73. The number of aliphatic hydroxyl groups excluding tert-OH is 2. The fourth-order valence-electron chi connectivity index (χ4n) is 6.75. The van der Waals surface area contributed by atoms with Gasteiger partial charge in [0.1, 0.15) is 22.8 Å². The number of carbonyl (C=O) groups is 3. The van der Waals surface area contributed by atoms with Crippen LogP contribution in [0, 0.1) is 17.3 Å². The number of primary amides is 1. The second-order valence-corrected chi connectivity index (χ2v) is 13.6. The lowest BCUT2D eigenvalue weighted by Crippen LogP contribution is -2.65. The highest BCUT2D eigenvalue weighted by Crippen LogP contribution is 2.53. The van der Waals surface area contributed by atoms with Crippen LogP contribution in [0.25, 0.3) is 5.76 Å². The number of Topliss-reactive ketones (excluding diaryl/α,β-unsaturated/α-hetero) is 2. The predicted molar refractivity (Wildman–Crippen MR) is 154 cm³/mol. The molecule has 4 atom stereocenters. The Morgan fingerprint density at radius 1 is 1.18 bits per heavy atom. The number of likely N-dealkylation sites (N-methyl/N-ethyl adjacent to an activating group) is 1. The van der Waals surface area contributed by atoms with E-state index in [9.17, 15) is 34.8 Å². The SMILES string of the molecule is CSCc1cc(CCCC(C)(C)C)c2c(c1O)C(O)=C1C(=O)[C@]3(O)C(O)=C(C(N)=O)C(=O)C(N(C)C)[C@@H]3C[C@@H]1C2. The van der Waals surface area contributed by atoms with E-state index in [1.807, 2.05) is 12.3 Å². The molecule has 1 amide bonds. The quantitative estimate of drug-likeness (QED) is 0.309. The Bertz CT molecular complexity index is 1340. The maximum atomic E-state index is 14.0. The minimum absolute atomic E-state index is 0.0838. The van der Waals surface area contributed by atoms with Gasteiger partial charge in [-0.25, -0.2) is 0 Å². The number of phenolic OH excluding ortho intramolecular Hbond substituents is 1.